The number of halogens is 4. The molecule has 1 unspecified atom stereocenters. The van der Waals surface area contributed by atoms with Gasteiger partial charge in [0.25, 0.3) is 0 Å². The third kappa shape index (κ3) is 4.20. The largest absolute Gasteiger partial charge is 0.416 e. The second-order valence-corrected chi connectivity index (χ2v) is 5.11. The van der Waals surface area contributed by atoms with E-state index in [1.165, 1.54) is 6.07 Å². The smallest absolute Gasteiger partial charge is 0.271 e. The van der Waals surface area contributed by atoms with Gasteiger partial charge in [0.15, 0.2) is 0 Å². The zero-order valence-electron chi connectivity index (χ0n) is 11.0. The lowest BCUT2D eigenvalue weighted by atomic mass is 9.98. The minimum Gasteiger partial charge on any atom is -0.271 e. The van der Waals surface area contributed by atoms with E-state index >= 15 is 0 Å². The molecule has 0 saturated carbocycles. The van der Waals surface area contributed by atoms with Crippen molar-refractivity contribution in [3.8, 4) is 0 Å². The second kappa shape index (κ2) is 6.47. The van der Waals surface area contributed by atoms with Gasteiger partial charge in [0.05, 0.1) is 5.56 Å². The van der Waals surface area contributed by atoms with Gasteiger partial charge in [-0.3, -0.25) is 11.3 Å². The van der Waals surface area contributed by atoms with Crippen molar-refractivity contribution in [3.63, 3.8) is 0 Å². The third-order valence-electron chi connectivity index (χ3n) is 3.17. The van der Waals surface area contributed by atoms with Gasteiger partial charge in [-0.25, -0.2) is 0 Å². The quantitative estimate of drug-likeness (QED) is 0.658. The molecule has 0 aliphatic carbocycles. The molecule has 0 heterocycles. The molecule has 3 N–H and O–H groups in total. The van der Waals surface area contributed by atoms with E-state index in [1.54, 1.807) is 30.3 Å². The van der Waals surface area contributed by atoms with Crippen molar-refractivity contribution in [1.29, 1.82) is 0 Å². The summed E-state index contributed by atoms with van der Waals surface area (Å²) in [7, 11) is 0. The van der Waals surface area contributed by atoms with Gasteiger partial charge in [-0.2, -0.15) is 13.2 Å². The number of alkyl halides is 3. The molecule has 0 amide bonds. The van der Waals surface area contributed by atoms with E-state index in [1.807, 2.05) is 0 Å². The Hall–Kier alpha value is -1.56. The van der Waals surface area contributed by atoms with Crippen molar-refractivity contribution >= 4 is 11.6 Å². The van der Waals surface area contributed by atoms with Gasteiger partial charge in [0, 0.05) is 11.1 Å². The first kappa shape index (κ1) is 15.8. The average Bonchev–Trinajstić information content (AvgIpc) is 2.45. The molecule has 0 saturated heterocycles. The van der Waals surface area contributed by atoms with Crippen LogP contribution < -0.4 is 11.3 Å². The van der Waals surface area contributed by atoms with Gasteiger partial charge < -0.3 is 0 Å². The van der Waals surface area contributed by atoms with E-state index in [0.29, 0.717) is 17.0 Å². The van der Waals surface area contributed by atoms with Gasteiger partial charge in [-0.15, -0.1) is 0 Å². The molecule has 0 fully saturated rings. The Labute approximate surface area is 125 Å². The first-order chi connectivity index (χ1) is 9.90. The summed E-state index contributed by atoms with van der Waals surface area (Å²) in [4.78, 5) is 0. The molecule has 0 bridgehead atoms. The molecule has 0 aliphatic rings. The second-order valence-electron chi connectivity index (χ2n) is 4.67. The van der Waals surface area contributed by atoms with Gasteiger partial charge in [-0.1, -0.05) is 41.9 Å². The summed E-state index contributed by atoms with van der Waals surface area (Å²) in [5.41, 5.74) is 3.38. The fraction of sp³-hybridized carbons (Fsp3) is 0.200. The predicted octanol–water partition coefficient (Wildman–Crippen LogP) is 4.11. The lowest BCUT2D eigenvalue weighted by Gasteiger charge is -2.17. The van der Waals surface area contributed by atoms with E-state index in [4.69, 9.17) is 17.4 Å². The van der Waals surface area contributed by atoms with Crippen LogP contribution in [0, 0.1) is 0 Å². The van der Waals surface area contributed by atoms with Crippen molar-refractivity contribution in [2.24, 2.45) is 5.84 Å². The highest BCUT2D eigenvalue weighted by Gasteiger charge is 2.30. The average molecular weight is 315 g/mol. The summed E-state index contributed by atoms with van der Waals surface area (Å²) in [6.45, 7) is 0. The molecular formula is C15H14ClF3N2. The highest BCUT2D eigenvalue weighted by Crippen LogP contribution is 2.30. The van der Waals surface area contributed by atoms with Crippen LogP contribution in [0.3, 0.4) is 0 Å². The van der Waals surface area contributed by atoms with Crippen molar-refractivity contribution in [3.05, 3.63) is 70.2 Å². The molecule has 0 aromatic heterocycles. The molecule has 0 aliphatic heterocycles. The van der Waals surface area contributed by atoms with E-state index in [9.17, 15) is 13.2 Å². The van der Waals surface area contributed by atoms with Crippen LogP contribution in [0.4, 0.5) is 13.2 Å². The molecular weight excluding hydrogens is 301 g/mol. The molecule has 6 heteroatoms. The van der Waals surface area contributed by atoms with Crippen LogP contribution in [0.15, 0.2) is 48.5 Å². The van der Waals surface area contributed by atoms with Crippen LogP contribution in [0.5, 0.6) is 0 Å². The Kier molecular flexibility index (Phi) is 4.88. The van der Waals surface area contributed by atoms with Crippen LogP contribution >= 0.6 is 11.6 Å². The van der Waals surface area contributed by atoms with Crippen LogP contribution in [-0.2, 0) is 12.6 Å². The normalized spacial score (nSPS) is 13.2. The van der Waals surface area contributed by atoms with Crippen molar-refractivity contribution in [2.75, 3.05) is 0 Å². The number of nitrogens with two attached hydrogens (primary N) is 1. The Balaban J connectivity index is 2.21. The summed E-state index contributed by atoms with van der Waals surface area (Å²) in [5, 5.41) is 0.591. The van der Waals surface area contributed by atoms with E-state index in [2.05, 4.69) is 5.43 Å². The van der Waals surface area contributed by atoms with E-state index < -0.39 is 11.7 Å². The van der Waals surface area contributed by atoms with Crippen LogP contribution in [-0.4, -0.2) is 0 Å². The van der Waals surface area contributed by atoms with E-state index in [0.717, 1.165) is 17.7 Å². The zero-order chi connectivity index (χ0) is 15.5. The summed E-state index contributed by atoms with van der Waals surface area (Å²) in [6.07, 6.45) is -4.00. The lowest BCUT2D eigenvalue weighted by molar-refractivity contribution is -0.137. The minimum atomic E-state index is -4.35. The molecule has 112 valence electrons. The zero-order valence-corrected chi connectivity index (χ0v) is 11.7. The number of benzene rings is 2. The lowest BCUT2D eigenvalue weighted by Crippen LogP contribution is -2.29. The molecule has 1 atom stereocenters. The minimum absolute atomic E-state index is 0.286. The van der Waals surface area contributed by atoms with Gasteiger partial charge in [0.2, 0.25) is 0 Å². The highest BCUT2D eigenvalue weighted by molar-refractivity contribution is 6.30. The first-order valence-electron chi connectivity index (χ1n) is 6.28. The number of hydrogen-bond donors (Lipinski definition) is 2. The molecule has 0 spiro atoms. The molecule has 2 rings (SSSR count). The molecule has 21 heavy (non-hydrogen) atoms. The maximum Gasteiger partial charge on any atom is 0.416 e. The Bertz CT molecular complexity index is 597. The van der Waals surface area contributed by atoms with Crippen molar-refractivity contribution in [2.45, 2.75) is 18.6 Å². The van der Waals surface area contributed by atoms with Crippen LogP contribution in [0.1, 0.15) is 22.7 Å². The summed E-state index contributed by atoms with van der Waals surface area (Å²) < 4.78 is 38.1. The molecule has 2 aromatic carbocycles. The van der Waals surface area contributed by atoms with Crippen molar-refractivity contribution < 1.29 is 13.2 Å². The van der Waals surface area contributed by atoms with Crippen LogP contribution in [0.2, 0.25) is 5.02 Å². The third-order valence-corrected chi connectivity index (χ3v) is 3.42. The van der Waals surface area contributed by atoms with E-state index in [-0.39, 0.29) is 6.04 Å². The van der Waals surface area contributed by atoms with Crippen LogP contribution in [0.25, 0.3) is 0 Å². The SMILES string of the molecule is NNC(Cc1cccc(C(F)(F)F)c1)c1ccc(Cl)cc1. The number of nitrogens with one attached hydrogen (secondary N) is 1. The Morgan fingerprint density at radius 2 is 1.76 bits per heavy atom. The Morgan fingerprint density at radius 3 is 2.33 bits per heavy atom. The summed E-state index contributed by atoms with van der Waals surface area (Å²) in [5.74, 6) is 5.51. The molecule has 2 nitrogen and oxygen atoms in total. The van der Waals surface area contributed by atoms with Gasteiger partial charge in [-0.05, 0) is 35.7 Å². The molecule has 0 radical (unpaired) electrons. The van der Waals surface area contributed by atoms with Gasteiger partial charge in [0.1, 0.15) is 0 Å². The first-order valence-corrected chi connectivity index (χ1v) is 6.65. The standard InChI is InChI=1S/C15H14ClF3N2/c16-13-6-4-11(5-7-13)14(21-20)9-10-2-1-3-12(8-10)15(17,18)19/h1-8,14,21H,9,20H2. The monoisotopic (exact) mass is 314 g/mol. The molecule has 2 aromatic rings. The maximum absolute atomic E-state index is 12.7. The predicted molar refractivity (Wildman–Crippen MR) is 76.7 cm³/mol. The topological polar surface area (TPSA) is 38.0 Å². The number of rotatable bonds is 4. The summed E-state index contributed by atoms with van der Waals surface area (Å²) in [6, 6.07) is 12.0. The number of hydrogen-bond acceptors (Lipinski definition) is 2. The maximum atomic E-state index is 12.7. The Morgan fingerprint density at radius 1 is 1.10 bits per heavy atom. The number of hydrazine groups is 1. The van der Waals surface area contributed by atoms with Gasteiger partial charge >= 0.3 is 6.18 Å². The fourth-order valence-electron chi connectivity index (χ4n) is 2.08. The van der Waals surface area contributed by atoms with Crippen molar-refractivity contribution in [1.82, 2.24) is 5.43 Å². The fourth-order valence-corrected chi connectivity index (χ4v) is 2.20. The highest BCUT2D eigenvalue weighted by atomic mass is 35.5. The summed E-state index contributed by atoms with van der Waals surface area (Å²) >= 11 is 5.81.